The Morgan fingerprint density at radius 1 is 1.10 bits per heavy atom. The summed E-state index contributed by atoms with van der Waals surface area (Å²) in [6.45, 7) is 6.23. The number of ether oxygens (including phenoxy) is 1. The lowest BCUT2D eigenvalue weighted by atomic mass is 10.1. The molecule has 0 aromatic heterocycles. The molecule has 0 heterocycles. The molecule has 0 atom stereocenters. The number of nitrogens with one attached hydrogen (secondary N) is 1. The Hall–Kier alpha value is -2.54. The maximum atomic E-state index is 12.3. The predicted octanol–water partition coefficient (Wildman–Crippen LogP) is 3.22. The average Bonchev–Trinajstić information content (AvgIpc) is 2.64. The van der Waals surface area contributed by atoms with Crippen LogP contribution in [-0.4, -0.2) is 40.3 Å². The molecule has 0 aliphatic carbocycles. The van der Waals surface area contributed by atoms with E-state index in [9.17, 15) is 13.2 Å². The number of anilines is 1. The summed E-state index contributed by atoms with van der Waals surface area (Å²) in [4.78, 5) is 12.3. The highest BCUT2D eigenvalue weighted by atomic mass is 32.2. The maximum absolute atomic E-state index is 12.3. The van der Waals surface area contributed by atoms with Crippen molar-refractivity contribution in [2.24, 2.45) is 0 Å². The molecule has 7 heteroatoms. The second-order valence-electron chi connectivity index (χ2n) is 7.15. The van der Waals surface area contributed by atoms with Crippen molar-refractivity contribution < 1.29 is 17.9 Å². The molecule has 6 nitrogen and oxygen atoms in total. The van der Waals surface area contributed by atoms with Crippen LogP contribution in [0.15, 0.2) is 42.5 Å². The van der Waals surface area contributed by atoms with Gasteiger partial charge in [-0.1, -0.05) is 43.2 Å². The van der Waals surface area contributed by atoms with Crippen molar-refractivity contribution in [1.29, 1.82) is 0 Å². The number of aryl methyl sites for hydroxylation is 3. The minimum Gasteiger partial charge on any atom is -0.492 e. The molecule has 1 N–H and O–H groups in total. The zero-order chi connectivity index (χ0) is 21.4. The van der Waals surface area contributed by atoms with E-state index in [1.54, 1.807) is 6.07 Å². The molecular weight excluding hydrogens is 388 g/mol. The lowest BCUT2D eigenvalue weighted by molar-refractivity contribution is -0.119. The molecule has 0 unspecified atom stereocenters. The van der Waals surface area contributed by atoms with Gasteiger partial charge in [-0.25, -0.2) is 8.42 Å². The van der Waals surface area contributed by atoms with Crippen LogP contribution in [0.1, 0.15) is 30.0 Å². The Labute approximate surface area is 173 Å². The van der Waals surface area contributed by atoms with E-state index in [-0.39, 0.29) is 12.5 Å². The summed E-state index contributed by atoms with van der Waals surface area (Å²) in [7, 11) is -3.59. The van der Waals surface area contributed by atoms with Crippen LogP contribution in [0.4, 0.5) is 5.69 Å². The Kier molecular flexibility index (Phi) is 8.08. The fourth-order valence-corrected chi connectivity index (χ4v) is 3.97. The van der Waals surface area contributed by atoms with Crippen molar-refractivity contribution in [3.05, 3.63) is 59.2 Å². The van der Waals surface area contributed by atoms with E-state index in [1.807, 2.05) is 50.2 Å². The summed E-state index contributed by atoms with van der Waals surface area (Å²) in [5.74, 6) is 0.365. The van der Waals surface area contributed by atoms with Gasteiger partial charge < -0.3 is 10.1 Å². The lowest BCUT2D eigenvalue weighted by Gasteiger charge is -2.24. The molecule has 2 aromatic carbocycles. The van der Waals surface area contributed by atoms with Gasteiger partial charge in [0.25, 0.3) is 0 Å². The van der Waals surface area contributed by atoms with Crippen molar-refractivity contribution >= 4 is 21.6 Å². The van der Waals surface area contributed by atoms with E-state index < -0.39 is 10.0 Å². The second kappa shape index (κ2) is 10.3. The van der Waals surface area contributed by atoms with Crippen molar-refractivity contribution in [1.82, 2.24) is 5.32 Å². The molecular formula is C22H30N2O4S. The number of carbonyl (C=O) groups excluding carboxylic acids is 1. The van der Waals surface area contributed by atoms with E-state index in [0.717, 1.165) is 40.3 Å². The van der Waals surface area contributed by atoms with Crippen LogP contribution >= 0.6 is 0 Å². The molecule has 2 rings (SSSR count). The first-order valence-corrected chi connectivity index (χ1v) is 11.6. The highest BCUT2D eigenvalue weighted by Crippen LogP contribution is 2.23. The number of benzene rings is 2. The van der Waals surface area contributed by atoms with Gasteiger partial charge in [0, 0.05) is 0 Å². The molecule has 0 radical (unpaired) electrons. The molecule has 0 saturated heterocycles. The summed E-state index contributed by atoms with van der Waals surface area (Å²) in [6.07, 6.45) is 3.23. The molecule has 0 aliphatic heterocycles. The first-order chi connectivity index (χ1) is 13.7. The number of nitrogens with zero attached hydrogens (tertiary/aromatic N) is 1. The number of rotatable bonds is 10. The van der Waals surface area contributed by atoms with Gasteiger partial charge >= 0.3 is 0 Å². The quantitative estimate of drug-likeness (QED) is 0.601. The molecule has 0 spiro atoms. The summed E-state index contributed by atoms with van der Waals surface area (Å²) in [6, 6.07) is 13.3. The molecule has 158 valence electrons. The zero-order valence-electron chi connectivity index (χ0n) is 17.6. The van der Waals surface area contributed by atoms with Crippen LogP contribution < -0.4 is 14.4 Å². The molecule has 0 aliphatic rings. The van der Waals surface area contributed by atoms with Gasteiger partial charge in [0.05, 0.1) is 18.5 Å². The Morgan fingerprint density at radius 2 is 1.79 bits per heavy atom. The number of hydrogen-bond donors (Lipinski definition) is 1. The van der Waals surface area contributed by atoms with Gasteiger partial charge in [-0.3, -0.25) is 9.10 Å². The van der Waals surface area contributed by atoms with E-state index in [1.165, 1.54) is 5.56 Å². The first kappa shape index (κ1) is 22.7. The average molecular weight is 419 g/mol. The minimum absolute atomic E-state index is 0.269. The highest BCUT2D eigenvalue weighted by molar-refractivity contribution is 7.92. The molecule has 2 aromatic rings. The fraction of sp³-hybridized carbons (Fsp3) is 0.409. The van der Waals surface area contributed by atoms with Crippen LogP contribution in [0.5, 0.6) is 5.75 Å². The normalized spacial score (nSPS) is 11.2. The largest absolute Gasteiger partial charge is 0.492 e. The topological polar surface area (TPSA) is 75.7 Å². The van der Waals surface area contributed by atoms with Gasteiger partial charge in [0.1, 0.15) is 18.9 Å². The van der Waals surface area contributed by atoms with Crippen LogP contribution in [-0.2, 0) is 21.2 Å². The van der Waals surface area contributed by atoms with Crippen molar-refractivity contribution in [2.75, 3.05) is 30.3 Å². The molecule has 0 fully saturated rings. The standard InChI is InChI=1S/C22H30N2O4S/c1-5-6-19-8-10-20(11-9-19)28-14-13-23-22(25)16-24(29(4,26)27)21-12-7-17(2)15-18(21)3/h7-12,15H,5-6,13-14,16H2,1-4H3,(H,23,25). The lowest BCUT2D eigenvalue weighted by Crippen LogP contribution is -2.41. The van der Waals surface area contributed by atoms with Crippen molar-refractivity contribution in [3.63, 3.8) is 0 Å². The van der Waals surface area contributed by atoms with Gasteiger partial charge in [-0.2, -0.15) is 0 Å². The van der Waals surface area contributed by atoms with Crippen LogP contribution in [0.3, 0.4) is 0 Å². The summed E-state index contributed by atoms with van der Waals surface area (Å²) in [5, 5.41) is 2.72. The predicted molar refractivity (Wildman–Crippen MR) is 117 cm³/mol. The summed E-state index contributed by atoms with van der Waals surface area (Å²) >= 11 is 0. The third kappa shape index (κ3) is 7.09. The number of sulfonamides is 1. The molecule has 1 amide bonds. The molecule has 29 heavy (non-hydrogen) atoms. The third-order valence-corrected chi connectivity index (χ3v) is 5.59. The van der Waals surface area contributed by atoms with Crippen molar-refractivity contribution in [3.8, 4) is 5.75 Å². The third-order valence-electron chi connectivity index (χ3n) is 4.46. The van der Waals surface area contributed by atoms with E-state index in [0.29, 0.717) is 18.8 Å². The van der Waals surface area contributed by atoms with Crippen LogP contribution in [0, 0.1) is 13.8 Å². The Bertz CT molecular complexity index is 924. The number of carbonyl (C=O) groups is 1. The Morgan fingerprint density at radius 3 is 2.38 bits per heavy atom. The van der Waals surface area contributed by atoms with Crippen molar-refractivity contribution in [2.45, 2.75) is 33.6 Å². The van der Waals surface area contributed by atoms with Gasteiger partial charge in [-0.05, 0) is 49.6 Å². The van der Waals surface area contributed by atoms with Gasteiger partial charge in [-0.15, -0.1) is 0 Å². The Balaban J connectivity index is 1.88. The molecule has 0 bridgehead atoms. The zero-order valence-corrected chi connectivity index (χ0v) is 18.4. The van der Waals surface area contributed by atoms with Crippen LogP contribution in [0.25, 0.3) is 0 Å². The molecule has 0 saturated carbocycles. The number of amides is 1. The van der Waals surface area contributed by atoms with E-state index in [4.69, 9.17) is 4.74 Å². The monoisotopic (exact) mass is 418 g/mol. The maximum Gasteiger partial charge on any atom is 0.240 e. The van der Waals surface area contributed by atoms with E-state index >= 15 is 0 Å². The number of hydrogen-bond acceptors (Lipinski definition) is 4. The summed E-state index contributed by atoms with van der Waals surface area (Å²) in [5.41, 5.74) is 3.61. The van der Waals surface area contributed by atoms with E-state index in [2.05, 4.69) is 12.2 Å². The smallest absolute Gasteiger partial charge is 0.240 e. The second-order valence-corrected chi connectivity index (χ2v) is 9.06. The first-order valence-electron chi connectivity index (χ1n) is 9.74. The van der Waals surface area contributed by atoms with Gasteiger partial charge in [0.15, 0.2) is 0 Å². The SMILES string of the molecule is CCCc1ccc(OCCNC(=O)CN(c2ccc(C)cc2C)S(C)(=O)=O)cc1. The summed E-state index contributed by atoms with van der Waals surface area (Å²) < 4.78 is 31.2. The highest BCUT2D eigenvalue weighted by Gasteiger charge is 2.22. The van der Waals surface area contributed by atoms with Crippen LogP contribution in [0.2, 0.25) is 0 Å². The van der Waals surface area contributed by atoms with Gasteiger partial charge in [0.2, 0.25) is 15.9 Å². The minimum atomic E-state index is -3.59. The fourth-order valence-electron chi connectivity index (χ4n) is 3.05.